The van der Waals surface area contributed by atoms with E-state index in [1.165, 1.54) is 0 Å². The Balaban J connectivity index is 2.23. The Morgan fingerprint density at radius 1 is 1.24 bits per heavy atom. The summed E-state index contributed by atoms with van der Waals surface area (Å²) in [5, 5.41) is 17.5. The normalized spacial score (nSPS) is 10.7. The van der Waals surface area contributed by atoms with Gasteiger partial charge in [-0.05, 0) is 19.1 Å². The molecule has 2 aromatic heterocycles. The van der Waals surface area contributed by atoms with Gasteiger partial charge in [0.1, 0.15) is 5.65 Å². The summed E-state index contributed by atoms with van der Waals surface area (Å²) in [6.07, 6.45) is 3.46. The van der Waals surface area contributed by atoms with Crippen molar-refractivity contribution >= 4 is 23.3 Å². The zero-order valence-corrected chi connectivity index (χ0v) is 11.7. The van der Waals surface area contributed by atoms with Crippen LogP contribution in [0.25, 0.3) is 5.65 Å². The molecular weight excluding hydrogens is 274 g/mol. The highest BCUT2D eigenvalue weighted by Crippen LogP contribution is 2.17. The fourth-order valence-electron chi connectivity index (χ4n) is 2.16. The van der Waals surface area contributed by atoms with Crippen LogP contribution in [-0.2, 0) is 16.0 Å². The molecule has 0 aliphatic heterocycles. The van der Waals surface area contributed by atoms with E-state index in [0.717, 1.165) is 5.69 Å². The number of hydrogen-bond acceptors (Lipinski definition) is 4. The monoisotopic (exact) mass is 291 g/mol. The van der Waals surface area contributed by atoms with Crippen LogP contribution in [0.4, 0.5) is 5.69 Å². The highest BCUT2D eigenvalue weighted by Gasteiger charge is 2.10. The first-order valence-electron chi connectivity index (χ1n) is 6.65. The van der Waals surface area contributed by atoms with Gasteiger partial charge >= 0.3 is 11.9 Å². The van der Waals surface area contributed by atoms with Gasteiger partial charge in [-0.3, -0.25) is 9.59 Å². The lowest BCUT2D eigenvalue weighted by atomic mass is 10.3. The van der Waals surface area contributed by atoms with E-state index in [1.54, 1.807) is 16.7 Å². The van der Waals surface area contributed by atoms with Gasteiger partial charge in [0, 0.05) is 25.5 Å². The number of anilines is 1. The Bertz CT molecular complexity index is 665. The van der Waals surface area contributed by atoms with Crippen LogP contribution in [-0.4, -0.2) is 44.6 Å². The van der Waals surface area contributed by atoms with Gasteiger partial charge in [-0.15, -0.1) is 0 Å². The highest BCUT2D eigenvalue weighted by molar-refractivity contribution is 5.70. The molecule has 0 amide bonds. The minimum absolute atomic E-state index is 0.0695. The molecule has 2 rings (SSSR count). The second-order valence-corrected chi connectivity index (χ2v) is 4.68. The zero-order chi connectivity index (χ0) is 15.4. The van der Waals surface area contributed by atoms with Crippen LogP contribution in [0.5, 0.6) is 0 Å². The van der Waals surface area contributed by atoms with Gasteiger partial charge in [0.15, 0.2) is 0 Å². The molecule has 0 aromatic carbocycles. The highest BCUT2D eigenvalue weighted by atomic mass is 16.4. The van der Waals surface area contributed by atoms with Gasteiger partial charge in [0.05, 0.1) is 24.2 Å². The van der Waals surface area contributed by atoms with E-state index in [-0.39, 0.29) is 12.8 Å². The van der Waals surface area contributed by atoms with E-state index in [0.29, 0.717) is 24.4 Å². The number of carboxylic acids is 2. The lowest BCUT2D eigenvalue weighted by molar-refractivity contribution is -0.137. The molecule has 0 saturated carbocycles. The molecule has 0 aliphatic carbocycles. The summed E-state index contributed by atoms with van der Waals surface area (Å²) in [5.74, 6) is -1.75. The average molecular weight is 291 g/mol. The number of carboxylic acid groups (broad SMARTS) is 2. The molecule has 7 nitrogen and oxygen atoms in total. The smallest absolute Gasteiger partial charge is 0.309 e. The number of aliphatic carboxylic acids is 2. The van der Waals surface area contributed by atoms with Gasteiger partial charge in [-0.25, -0.2) is 4.98 Å². The Hall–Kier alpha value is -2.57. The predicted molar refractivity (Wildman–Crippen MR) is 76.7 cm³/mol. The van der Waals surface area contributed by atoms with Crippen molar-refractivity contribution in [1.29, 1.82) is 0 Å². The molecule has 0 atom stereocenters. The molecule has 0 fully saturated rings. The largest absolute Gasteiger partial charge is 0.481 e. The summed E-state index contributed by atoms with van der Waals surface area (Å²) < 4.78 is 1.76. The zero-order valence-electron chi connectivity index (χ0n) is 11.7. The standard InChI is InChI=1S/C14H17N3O4/c1-2-16(6-5-13(18)19)11-3-4-12-15-10(7-14(20)21)8-17(12)9-11/h3-4,8-9H,2,5-7H2,1H3,(H,18,19)(H,20,21). The minimum atomic E-state index is -0.921. The topological polar surface area (TPSA) is 95.1 Å². The Morgan fingerprint density at radius 2 is 2.00 bits per heavy atom. The second-order valence-electron chi connectivity index (χ2n) is 4.68. The summed E-state index contributed by atoms with van der Waals surface area (Å²) in [4.78, 5) is 27.5. The van der Waals surface area contributed by atoms with Crippen molar-refractivity contribution < 1.29 is 19.8 Å². The van der Waals surface area contributed by atoms with Gasteiger partial charge in [0.25, 0.3) is 0 Å². The van der Waals surface area contributed by atoms with Crippen LogP contribution < -0.4 is 4.90 Å². The number of carbonyl (C=O) groups is 2. The van der Waals surface area contributed by atoms with Crippen LogP contribution in [0.3, 0.4) is 0 Å². The molecule has 0 unspecified atom stereocenters. The molecule has 0 spiro atoms. The number of aromatic nitrogens is 2. The maximum atomic E-state index is 10.7. The van der Waals surface area contributed by atoms with Crippen molar-refractivity contribution in [1.82, 2.24) is 9.38 Å². The van der Waals surface area contributed by atoms with Gasteiger partial charge < -0.3 is 19.5 Å². The lowest BCUT2D eigenvalue weighted by Crippen LogP contribution is -2.25. The van der Waals surface area contributed by atoms with E-state index in [1.807, 2.05) is 24.1 Å². The maximum Gasteiger partial charge on any atom is 0.309 e. The molecule has 21 heavy (non-hydrogen) atoms. The molecule has 2 aromatic rings. The van der Waals surface area contributed by atoms with Crippen LogP contribution in [0.1, 0.15) is 19.0 Å². The third-order valence-corrected chi connectivity index (χ3v) is 3.16. The van der Waals surface area contributed by atoms with Crippen LogP contribution in [0.2, 0.25) is 0 Å². The number of rotatable bonds is 7. The molecule has 2 heterocycles. The first-order chi connectivity index (χ1) is 9.99. The van der Waals surface area contributed by atoms with Gasteiger partial charge in [-0.1, -0.05) is 0 Å². The summed E-state index contributed by atoms with van der Waals surface area (Å²) in [6.45, 7) is 3.07. The number of pyridine rings is 1. The number of hydrogen-bond donors (Lipinski definition) is 2. The van der Waals surface area contributed by atoms with Crippen LogP contribution >= 0.6 is 0 Å². The molecule has 7 heteroatoms. The third kappa shape index (κ3) is 3.71. The quantitative estimate of drug-likeness (QED) is 0.797. The fraction of sp³-hybridized carbons (Fsp3) is 0.357. The molecule has 112 valence electrons. The first-order valence-corrected chi connectivity index (χ1v) is 6.65. The van der Waals surface area contributed by atoms with Crippen molar-refractivity contribution in [2.24, 2.45) is 0 Å². The summed E-state index contributed by atoms with van der Waals surface area (Å²) in [5.41, 5.74) is 2.04. The Labute approximate surface area is 121 Å². The Kier molecular flexibility index (Phi) is 4.42. The van der Waals surface area contributed by atoms with Crippen molar-refractivity contribution in [2.75, 3.05) is 18.0 Å². The third-order valence-electron chi connectivity index (χ3n) is 3.16. The van der Waals surface area contributed by atoms with E-state index >= 15 is 0 Å². The van der Waals surface area contributed by atoms with E-state index in [9.17, 15) is 9.59 Å². The van der Waals surface area contributed by atoms with Gasteiger partial charge in [-0.2, -0.15) is 0 Å². The fourth-order valence-corrected chi connectivity index (χ4v) is 2.16. The summed E-state index contributed by atoms with van der Waals surface area (Å²) in [6, 6.07) is 3.66. The lowest BCUT2D eigenvalue weighted by Gasteiger charge is -2.22. The van der Waals surface area contributed by atoms with Crippen LogP contribution in [0.15, 0.2) is 24.5 Å². The molecule has 0 radical (unpaired) electrons. The number of fused-ring (bicyclic) bond motifs is 1. The van der Waals surface area contributed by atoms with Crippen LogP contribution in [0, 0.1) is 0 Å². The molecule has 0 bridgehead atoms. The number of nitrogens with zero attached hydrogens (tertiary/aromatic N) is 3. The molecule has 0 saturated heterocycles. The van der Waals surface area contributed by atoms with Crippen molar-refractivity contribution in [3.05, 3.63) is 30.2 Å². The maximum absolute atomic E-state index is 10.7. The minimum Gasteiger partial charge on any atom is -0.481 e. The SMILES string of the molecule is CCN(CCC(=O)O)c1ccc2nc(CC(=O)O)cn2c1. The van der Waals surface area contributed by atoms with Gasteiger partial charge in [0.2, 0.25) is 0 Å². The van der Waals surface area contributed by atoms with E-state index in [2.05, 4.69) is 4.98 Å². The second kappa shape index (κ2) is 6.25. The van der Waals surface area contributed by atoms with Crippen molar-refractivity contribution in [2.45, 2.75) is 19.8 Å². The molecule has 0 aliphatic rings. The first kappa shape index (κ1) is 14.8. The summed E-state index contributed by atoms with van der Waals surface area (Å²) >= 11 is 0. The van der Waals surface area contributed by atoms with E-state index in [4.69, 9.17) is 10.2 Å². The van der Waals surface area contributed by atoms with E-state index < -0.39 is 11.9 Å². The average Bonchev–Trinajstić information content (AvgIpc) is 2.79. The Morgan fingerprint density at radius 3 is 2.62 bits per heavy atom. The van der Waals surface area contributed by atoms with Crippen molar-refractivity contribution in [3.8, 4) is 0 Å². The molecular formula is C14H17N3O4. The predicted octanol–water partition coefficient (Wildman–Crippen LogP) is 1.26. The molecule has 2 N–H and O–H groups in total. The number of imidazole rings is 1. The summed E-state index contributed by atoms with van der Waals surface area (Å²) in [7, 11) is 0. The van der Waals surface area contributed by atoms with Crippen molar-refractivity contribution in [3.63, 3.8) is 0 Å².